The second kappa shape index (κ2) is 8.22. The van der Waals surface area contributed by atoms with E-state index >= 15 is 0 Å². The minimum Gasteiger partial charge on any atom is -0.373 e. The van der Waals surface area contributed by atoms with E-state index in [1.807, 2.05) is 25.7 Å². The molecule has 2 rings (SSSR count). The van der Waals surface area contributed by atoms with Crippen LogP contribution in [0.5, 0.6) is 0 Å². The van der Waals surface area contributed by atoms with Crippen LogP contribution in [0.2, 0.25) is 0 Å². The average Bonchev–Trinajstić information content (AvgIpc) is 3.20. The summed E-state index contributed by atoms with van der Waals surface area (Å²) in [6.45, 7) is 11.1. The molecule has 0 saturated heterocycles. The van der Waals surface area contributed by atoms with Gasteiger partial charge in [-0.1, -0.05) is 0 Å². The van der Waals surface area contributed by atoms with Crippen molar-refractivity contribution in [1.82, 2.24) is 4.57 Å². The molecular weight excluding hydrogens is 280 g/mol. The molecule has 1 aromatic heterocycles. The van der Waals surface area contributed by atoms with Crippen molar-refractivity contribution in [2.45, 2.75) is 33.5 Å². The summed E-state index contributed by atoms with van der Waals surface area (Å²) in [7, 11) is 0. The number of nitrogens with zero attached hydrogens (tertiary/aromatic N) is 4. The first-order chi connectivity index (χ1) is 10.7. The van der Waals surface area contributed by atoms with Gasteiger partial charge in [-0.2, -0.15) is 0 Å². The van der Waals surface area contributed by atoms with Crippen molar-refractivity contribution >= 4 is 6.34 Å². The molecule has 0 amide bonds. The van der Waals surface area contributed by atoms with Gasteiger partial charge in [0.15, 0.2) is 12.6 Å². The van der Waals surface area contributed by atoms with Gasteiger partial charge in [0.25, 0.3) is 0 Å². The molecule has 6 heteroatoms. The van der Waals surface area contributed by atoms with Crippen LogP contribution >= 0.6 is 0 Å². The number of quaternary nitrogens is 1. The molecule has 1 aliphatic rings. The molecule has 0 aliphatic carbocycles. The summed E-state index contributed by atoms with van der Waals surface area (Å²) in [4.78, 5) is 4.17. The van der Waals surface area contributed by atoms with Gasteiger partial charge in [0.2, 0.25) is 6.33 Å². The van der Waals surface area contributed by atoms with Gasteiger partial charge in [-0.15, -0.1) is 0 Å². The average molecular weight is 308 g/mol. The first kappa shape index (κ1) is 16.9. The minimum atomic E-state index is 0.0269. The lowest BCUT2D eigenvalue weighted by molar-refractivity contribution is -0.778. The van der Waals surface area contributed by atoms with Crippen molar-refractivity contribution in [3.05, 3.63) is 31.1 Å². The number of imidazole rings is 1. The van der Waals surface area contributed by atoms with Crippen LogP contribution in [-0.4, -0.2) is 48.3 Å². The summed E-state index contributed by atoms with van der Waals surface area (Å²) >= 11 is 0. The maximum absolute atomic E-state index is 5.79. The first-order valence-electron chi connectivity index (χ1n) is 8.03. The van der Waals surface area contributed by atoms with Crippen molar-refractivity contribution in [2.24, 2.45) is 4.99 Å². The topological polar surface area (TPSA) is 39.6 Å². The number of hydrogen-bond acceptors (Lipinski definition) is 3. The molecular formula is C16H28N4O2+2. The molecule has 0 fully saturated rings. The number of aromatic nitrogens is 2. The highest BCUT2D eigenvalue weighted by molar-refractivity contribution is 5.50. The quantitative estimate of drug-likeness (QED) is 0.375. The molecule has 0 N–H and O–H groups in total. The molecule has 2 atom stereocenters. The number of rotatable bonds is 10. The van der Waals surface area contributed by atoms with Crippen LogP contribution in [0.25, 0.3) is 0 Å². The van der Waals surface area contributed by atoms with Crippen LogP contribution in [-0.2, 0) is 16.0 Å². The molecule has 1 aliphatic heterocycles. The summed E-state index contributed by atoms with van der Waals surface area (Å²) in [6.07, 6.45) is 12.1. The Morgan fingerprint density at radius 2 is 2.14 bits per heavy atom. The van der Waals surface area contributed by atoms with E-state index in [4.69, 9.17) is 9.47 Å². The number of ether oxygens (including phenoxy) is 2. The number of likely N-dealkylation sites (N-methyl/N-ethyl adjacent to an activating group) is 1. The Labute approximate surface area is 132 Å². The van der Waals surface area contributed by atoms with Crippen LogP contribution < -0.4 is 4.57 Å². The first-order valence-corrected chi connectivity index (χ1v) is 8.03. The van der Waals surface area contributed by atoms with Crippen LogP contribution in [0.4, 0.5) is 0 Å². The highest BCUT2D eigenvalue weighted by Gasteiger charge is 2.23. The minimum absolute atomic E-state index is 0.0269. The van der Waals surface area contributed by atoms with E-state index in [-0.39, 0.29) is 6.23 Å². The third kappa shape index (κ3) is 4.50. The van der Waals surface area contributed by atoms with Gasteiger partial charge in [-0.25, -0.2) is 14.1 Å². The Morgan fingerprint density at radius 3 is 2.77 bits per heavy atom. The summed E-state index contributed by atoms with van der Waals surface area (Å²) in [5.74, 6) is 0. The molecule has 1 aromatic rings. The van der Waals surface area contributed by atoms with Gasteiger partial charge in [-0.3, -0.25) is 4.48 Å². The second-order valence-electron chi connectivity index (χ2n) is 5.48. The standard InChI is InChI=1S/C16H28N4O2/c1-4-18-7-8-19(15-18)16(3)22-13-12-21-11-10-20(5-2)9-6-17-14-20/h6-9,14-16H,4-5,10-13H2,1-3H3/q+2. The Hall–Kier alpha value is -1.50. The SMILES string of the molecule is CC[n+]1ccn(C(C)OCCOCC[N+]2(CC)C=CN=C2)c1. The van der Waals surface area contributed by atoms with E-state index in [0.29, 0.717) is 19.8 Å². The predicted molar refractivity (Wildman–Crippen MR) is 85.1 cm³/mol. The van der Waals surface area contributed by atoms with Crippen molar-refractivity contribution < 1.29 is 18.5 Å². The van der Waals surface area contributed by atoms with E-state index in [1.54, 1.807) is 0 Å². The molecule has 22 heavy (non-hydrogen) atoms. The fraction of sp³-hybridized carbons (Fsp3) is 0.625. The van der Waals surface area contributed by atoms with Crippen molar-refractivity contribution in [3.8, 4) is 0 Å². The Morgan fingerprint density at radius 1 is 1.27 bits per heavy atom. The Bertz CT molecular complexity index is 498. The number of hydrogen-bond donors (Lipinski definition) is 0. The lowest BCUT2D eigenvalue weighted by Gasteiger charge is -2.25. The Balaban J connectivity index is 1.59. The molecule has 0 aromatic carbocycles. The van der Waals surface area contributed by atoms with Crippen LogP contribution in [0.3, 0.4) is 0 Å². The highest BCUT2D eigenvalue weighted by atomic mass is 16.5. The fourth-order valence-electron chi connectivity index (χ4n) is 2.37. The van der Waals surface area contributed by atoms with Crippen LogP contribution in [0.1, 0.15) is 27.0 Å². The van der Waals surface area contributed by atoms with E-state index in [0.717, 1.165) is 24.1 Å². The van der Waals surface area contributed by atoms with E-state index in [9.17, 15) is 0 Å². The van der Waals surface area contributed by atoms with Crippen molar-refractivity contribution in [1.29, 1.82) is 0 Å². The molecule has 122 valence electrons. The molecule has 2 heterocycles. The van der Waals surface area contributed by atoms with Crippen LogP contribution in [0, 0.1) is 0 Å². The van der Waals surface area contributed by atoms with Gasteiger partial charge in [0.05, 0.1) is 39.1 Å². The lowest BCUT2D eigenvalue weighted by atomic mass is 10.4. The van der Waals surface area contributed by atoms with Crippen LogP contribution in [0.15, 0.2) is 36.1 Å². The molecule has 0 bridgehead atoms. The summed E-state index contributed by atoms with van der Waals surface area (Å²) in [5, 5.41) is 0. The second-order valence-corrected chi connectivity index (χ2v) is 5.48. The van der Waals surface area contributed by atoms with Gasteiger partial charge >= 0.3 is 0 Å². The maximum atomic E-state index is 5.79. The van der Waals surface area contributed by atoms with Gasteiger partial charge in [-0.05, 0) is 13.8 Å². The summed E-state index contributed by atoms with van der Waals surface area (Å²) < 4.78 is 16.4. The van der Waals surface area contributed by atoms with Crippen molar-refractivity contribution in [3.63, 3.8) is 0 Å². The third-order valence-corrected chi connectivity index (χ3v) is 4.07. The zero-order chi connectivity index (χ0) is 15.8. The zero-order valence-electron chi connectivity index (χ0n) is 13.9. The molecule has 2 unspecified atom stereocenters. The largest absolute Gasteiger partial charge is 0.373 e. The maximum Gasteiger partial charge on any atom is 0.245 e. The summed E-state index contributed by atoms with van der Waals surface area (Å²) in [6, 6.07) is 0. The van der Waals surface area contributed by atoms with E-state index in [2.05, 4.69) is 46.7 Å². The molecule has 0 saturated carbocycles. The molecule has 6 nitrogen and oxygen atoms in total. The molecule has 0 radical (unpaired) electrons. The number of aliphatic imine (C=N–C) groups is 1. The van der Waals surface area contributed by atoms with Gasteiger partial charge < -0.3 is 9.47 Å². The zero-order valence-corrected chi connectivity index (χ0v) is 13.9. The lowest BCUT2D eigenvalue weighted by Crippen LogP contribution is -2.42. The highest BCUT2D eigenvalue weighted by Crippen LogP contribution is 2.10. The smallest absolute Gasteiger partial charge is 0.245 e. The van der Waals surface area contributed by atoms with Gasteiger partial charge in [0, 0.05) is 6.92 Å². The predicted octanol–water partition coefficient (Wildman–Crippen LogP) is 1.70. The number of aryl methyl sites for hydroxylation is 1. The fourth-order valence-corrected chi connectivity index (χ4v) is 2.37. The van der Waals surface area contributed by atoms with Gasteiger partial charge in [0.1, 0.15) is 25.1 Å². The van der Waals surface area contributed by atoms with E-state index in [1.165, 1.54) is 0 Å². The summed E-state index contributed by atoms with van der Waals surface area (Å²) in [5.41, 5.74) is 0. The normalized spacial score (nSPS) is 21.6. The van der Waals surface area contributed by atoms with Crippen molar-refractivity contribution in [2.75, 3.05) is 32.9 Å². The van der Waals surface area contributed by atoms with E-state index < -0.39 is 0 Å². The molecule has 0 spiro atoms. The third-order valence-electron chi connectivity index (χ3n) is 4.07. The Kier molecular flexibility index (Phi) is 6.30. The monoisotopic (exact) mass is 308 g/mol.